The molecule has 0 spiro atoms. The number of anilines is 1. The summed E-state index contributed by atoms with van der Waals surface area (Å²) in [6, 6.07) is 0. The number of aromatic nitrogens is 4. The number of nitrogens with zero attached hydrogens (tertiary/aromatic N) is 3. The van der Waals surface area contributed by atoms with Gasteiger partial charge in [-0.1, -0.05) is 37.3 Å². The van der Waals surface area contributed by atoms with E-state index in [9.17, 15) is 14.4 Å². The van der Waals surface area contributed by atoms with Crippen LogP contribution in [0.2, 0.25) is 0 Å². The van der Waals surface area contributed by atoms with Crippen LogP contribution in [0.15, 0.2) is 6.33 Å². The number of ether oxygens (including phenoxy) is 4. The number of carbonyl (C=O) groups is 3. The SMILES string of the molecule is CC(=O)OC[C@H]1O[C@@H](n2cnc3c(=S)nc(NCCCCCCNC(C)=S)[nH]c32)[C@H](OC(C)=O)[C@@H]1OC(C)=O. The van der Waals surface area contributed by atoms with Crippen molar-refractivity contribution in [2.75, 3.05) is 25.0 Å². The fourth-order valence-corrected chi connectivity index (χ4v) is 4.55. The zero-order valence-electron chi connectivity index (χ0n) is 22.4. The molecule has 0 saturated carbocycles. The van der Waals surface area contributed by atoms with Crippen LogP contribution in [0.4, 0.5) is 5.95 Å². The molecule has 3 N–H and O–H groups in total. The number of H-pyrrole nitrogens is 1. The van der Waals surface area contributed by atoms with Crippen LogP contribution in [-0.2, 0) is 33.3 Å². The zero-order valence-corrected chi connectivity index (χ0v) is 24.0. The van der Waals surface area contributed by atoms with Crippen LogP contribution in [0.5, 0.6) is 0 Å². The van der Waals surface area contributed by atoms with Gasteiger partial charge in [-0.05, 0) is 19.8 Å². The standard InChI is InChI=1S/C24H34N6O7S2/c1-13(38)25-9-7-5-6-8-10-26-24-28-21-18(22(39)29-24)27-12-30(21)23-20(36-16(4)33)19(35-15(3)32)17(37-23)11-34-14(2)31/h12,17,19-20,23H,5-11H2,1-4H3,(H,25,38)(H2,26,28,29,39)/t17-,19-,20-,23-/m1/s1. The summed E-state index contributed by atoms with van der Waals surface area (Å²) in [6.45, 7) is 6.92. The van der Waals surface area contributed by atoms with Crippen molar-refractivity contribution in [2.45, 2.75) is 77.9 Å². The summed E-state index contributed by atoms with van der Waals surface area (Å²) in [4.78, 5) is 48.0. The Morgan fingerprint density at radius 2 is 1.69 bits per heavy atom. The van der Waals surface area contributed by atoms with E-state index in [-0.39, 0.29) is 11.2 Å². The quantitative estimate of drug-likeness (QED) is 0.137. The van der Waals surface area contributed by atoms with Gasteiger partial charge in [0.05, 0.1) is 11.3 Å². The highest BCUT2D eigenvalue weighted by atomic mass is 32.1. The Balaban J connectivity index is 1.78. The molecule has 2 aromatic rings. The Bertz CT molecular complexity index is 1250. The van der Waals surface area contributed by atoms with Crippen molar-refractivity contribution in [3.63, 3.8) is 0 Å². The highest BCUT2D eigenvalue weighted by molar-refractivity contribution is 7.80. The lowest BCUT2D eigenvalue weighted by Gasteiger charge is -2.23. The Hall–Kier alpha value is -3.17. The van der Waals surface area contributed by atoms with E-state index in [1.165, 1.54) is 27.1 Å². The minimum atomic E-state index is -1.05. The minimum absolute atomic E-state index is 0.209. The molecule has 0 unspecified atom stereocenters. The molecule has 3 heterocycles. The molecule has 1 saturated heterocycles. The van der Waals surface area contributed by atoms with Crippen molar-refractivity contribution in [1.82, 2.24) is 24.8 Å². The van der Waals surface area contributed by atoms with Crippen LogP contribution >= 0.6 is 24.4 Å². The summed E-state index contributed by atoms with van der Waals surface area (Å²) >= 11 is 10.5. The third-order valence-electron chi connectivity index (χ3n) is 5.83. The van der Waals surface area contributed by atoms with E-state index in [1.807, 2.05) is 6.92 Å². The second-order valence-corrected chi connectivity index (χ2v) is 10.1. The van der Waals surface area contributed by atoms with Crippen molar-refractivity contribution in [3.8, 4) is 0 Å². The van der Waals surface area contributed by atoms with Crippen LogP contribution in [0.25, 0.3) is 11.2 Å². The van der Waals surface area contributed by atoms with E-state index in [2.05, 4.69) is 25.6 Å². The minimum Gasteiger partial charge on any atom is -0.463 e. The van der Waals surface area contributed by atoms with Gasteiger partial charge in [0.2, 0.25) is 5.95 Å². The smallest absolute Gasteiger partial charge is 0.303 e. The number of unbranched alkanes of at least 4 members (excludes halogenated alkanes) is 3. The Morgan fingerprint density at radius 1 is 1.03 bits per heavy atom. The number of fused-ring (bicyclic) bond motifs is 1. The number of nitrogens with one attached hydrogen (secondary N) is 3. The molecule has 3 rings (SSSR count). The summed E-state index contributed by atoms with van der Waals surface area (Å²) in [5, 5.41) is 6.40. The van der Waals surface area contributed by atoms with Gasteiger partial charge in [-0.3, -0.25) is 19.0 Å². The molecule has 1 aliphatic heterocycles. The van der Waals surface area contributed by atoms with E-state index in [1.54, 1.807) is 4.57 Å². The van der Waals surface area contributed by atoms with Gasteiger partial charge in [-0.25, -0.2) is 9.97 Å². The first-order valence-corrected chi connectivity index (χ1v) is 13.5. The summed E-state index contributed by atoms with van der Waals surface area (Å²) in [7, 11) is 0. The van der Waals surface area contributed by atoms with E-state index in [4.69, 9.17) is 43.4 Å². The lowest BCUT2D eigenvalue weighted by molar-refractivity contribution is -0.166. The molecule has 0 amide bonds. The molecule has 0 bridgehead atoms. The molecule has 214 valence electrons. The molecule has 0 aliphatic carbocycles. The molecular formula is C24H34N6O7S2. The molecular weight excluding hydrogens is 548 g/mol. The average molecular weight is 583 g/mol. The lowest BCUT2D eigenvalue weighted by atomic mass is 10.1. The van der Waals surface area contributed by atoms with Gasteiger partial charge < -0.3 is 34.6 Å². The van der Waals surface area contributed by atoms with E-state index in [0.29, 0.717) is 23.7 Å². The lowest BCUT2D eigenvalue weighted by Crippen LogP contribution is -2.40. The molecule has 1 fully saturated rings. The van der Waals surface area contributed by atoms with E-state index < -0.39 is 42.4 Å². The molecule has 0 radical (unpaired) electrons. The molecule has 0 aromatic carbocycles. The molecule has 1 aliphatic rings. The maximum absolute atomic E-state index is 12.0. The number of esters is 3. The van der Waals surface area contributed by atoms with Gasteiger partial charge in [0.25, 0.3) is 0 Å². The fraction of sp³-hybridized carbons (Fsp3) is 0.625. The first kappa shape index (κ1) is 30.4. The fourth-order valence-electron chi connectivity index (χ4n) is 4.20. The number of imidazole rings is 1. The van der Waals surface area contributed by atoms with Crippen molar-refractivity contribution >= 4 is 64.4 Å². The van der Waals surface area contributed by atoms with Gasteiger partial charge >= 0.3 is 17.9 Å². The number of thiocarbonyl (C=S) groups is 1. The monoisotopic (exact) mass is 582 g/mol. The summed E-state index contributed by atoms with van der Waals surface area (Å²) in [6.07, 6.45) is 1.61. The molecule has 15 heteroatoms. The van der Waals surface area contributed by atoms with Gasteiger partial charge in [-0.2, -0.15) is 0 Å². The van der Waals surface area contributed by atoms with Crippen molar-refractivity contribution in [2.24, 2.45) is 0 Å². The largest absolute Gasteiger partial charge is 0.463 e. The first-order valence-electron chi connectivity index (χ1n) is 12.6. The summed E-state index contributed by atoms with van der Waals surface area (Å²) < 4.78 is 24.0. The van der Waals surface area contributed by atoms with Crippen LogP contribution in [0.3, 0.4) is 0 Å². The summed E-state index contributed by atoms with van der Waals surface area (Å²) in [5.74, 6) is -1.30. The Labute approximate surface area is 236 Å². The summed E-state index contributed by atoms with van der Waals surface area (Å²) in [5.41, 5.74) is 0.880. The Morgan fingerprint density at radius 3 is 2.33 bits per heavy atom. The maximum Gasteiger partial charge on any atom is 0.303 e. The second kappa shape index (κ2) is 14.3. The number of rotatable bonds is 13. The third kappa shape index (κ3) is 8.66. The van der Waals surface area contributed by atoms with Gasteiger partial charge in [-0.15, -0.1) is 0 Å². The molecule has 39 heavy (non-hydrogen) atoms. The molecule has 13 nitrogen and oxygen atoms in total. The number of hydrogen-bond acceptors (Lipinski definition) is 12. The highest BCUT2D eigenvalue weighted by Gasteiger charge is 2.51. The van der Waals surface area contributed by atoms with E-state index >= 15 is 0 Å². The topological polar surface area (TPSA) is 159 Å². The first-order chi connectivity index (χ1) is 18.6. The van der Waals surface area contributed by atoms with Crippen LogP contribution in [0, 0.1) is 4.64 Å². The van der Waals surface area contributed by atoms with Gasteiger partial charge in [0.1, 0.15) is 23.9 Å². The third-order valence-corrected chi connectivity index (χ3v) is 6.26. The normalized spacial score (nSPS) is 20.4. The predicted octanol–water partition coefficient (Wildman–Crippen LogP) is 2.72. The van der Waals surface area contributed by atoms with Crippen molar-refractivity contribution in [1.29, 1.82) is 0 Å². The van der Waals surface area contributed by atoms with Crippen molar-refractivity contribution < 1.29 is 33.3 Å². The Kier molecular flexibility index (Phi) is 11.1. The maximum atomic E-state index is 12.0. The zero-order chi connectivity index (χ0) is 28.5. The highest BCUT2D eigenvalue weighted by Crippen LogP contribution is 2.36. The molecule has 2 aromatic heterocycles. The predicted molar refractivity (Wildman–Crippen MR) is 148 cm³/mol. The van der Waals surface area contributed by atoms with Crippen molar-refractivity contribution in [3.05, 3.63) is 11.0 Å². The number of aromatic amines is 1. The second-order valence-electron chi connectivity index (χ2n) is 9.08. The number of hydrogen-bond donors (Lipinski definition) is 3. The van der Waals surface area contributed by atoms with Gasteiger partial charge in [0.15, 0.2) is 23.1 Å². The van der Waals surface area contributed by atoms with Crippen LogP contribution in [-0.4, -0.2) is 80.4 Å². The van der Waals surface area contributed by atoms with Crippen LogP contribution in [0.1, 0.15) is 59.6 Å². The number of carbonyl (C=O) groups excluding carboxylic acids is 3. The van der Waals surface area contributed by atoms with Gasteiger partial charge in [0, 0.05) is 33.9 Å². The molecule has 4 atom stereocenters. The average Bonchev–Trinajstić information content (AvgIpc) is 3.40. The van der Waals surface area contributed by atoms with E-state index in [0.717, 1.165) is 37.2 Å². The van der Waals surface area contributed by atoms with Crippen LogP contribution < -0.4 is 10.6 Å².